The summed E-state index contributed by atoms with van der Waals surface area (Å²) in [6, 6.07) is 24.5. The Morgan fingerprint density at radius 3 is 2.27 bits per heavy atom. The van der Waals surface area contributed by atoms with E-state index < -0.39 is 10.0 Å². The first-order valence-corrected chi connectivity index (χ1v) is 10.5. The van der Waals surface area contributed by atoms with Crippen LogP contribution in [0.1, 0.15) is 5.56 Å². The van der Waals surface area contributed by atoms with Crippen molar-refractivity contribution in [3.8, 4) is 0 Å². The lowest BCUT2D eigenvalue weighted by atomic mass is 10.2. The molecule has 3 nitrogen and oxygen atoms in total. The Hall–Kier alpha value is -2.50. The zero-order valence-corrected chi connectivity index (χ0v) is 15.8. The van der Waals surface area contributed by atoms with Crippen LogP contribution in [0.4, 0.5) is 0 Å². The molecule has 4 rings (SSSR count). The Bertz CT molecular complexity index is 1160. The molecule has 0 fully saturated rings. The van der Waals surface area contributed by atoms with Gasteiger partial charge in [0.1, 0.15) is 0 Å². The van der Waals surface area contributed by atoms with Gasteiger partial charge in [-0.05, 0) is 49.4 Å². The number of fused-ring (bicyclic) bond motifs is 1. The molecular formula is C21H17NO2S2. The Kier molecular flexibility index (Phi) is 4.34. The molecule has 0 aliphatic carbocycles. The summed E-state index contributed by atoms with van der Waals surface area (Å²) in [5.41, 5.74) is 1.90. The lowest BCUT2D eigenvalue weighted by Crippen LogP contribution is -2.11. The summed E-state index contributed by atoms with van der Waals surface area (Å²) in [6.07, 6.45) is 1.63. The van der Waals surface area contributed by atoms with Crippen molar-refractivity contribution in [3.63, 3.8) is 0 Å². The Morgan fingerprint density at radius 2 is 1.54 bits per heavy atom. The molecule has 3 aromatic carbocycles. The van der Waals surface area contributed by atoms with Gasteiger partial charge in [-0.1, -0.05) is 53.7 Å². The summed E-state index contributed by atoms with van der Waals surface area (Å²) in [5, 5.41) is 0.928. The minimum Gasteiger partial charge on any atom is -0.241 e. The standard InChI is InChI=1S/C21H17NO2S2/c1-16-10-12-17(13-11-16)25-21-9-5-8-20-19(21)14-15-22(20)26(23,24)18-6-3-2-4-7-18/h2-15H,1H3. The van der Waals surface area contributed by atoms with E-state index in [-0.39, 0.29) is 4.90 Å². The fourth-order valence-electron chi connectivity index (χ4n) is 2.85. The van der Waals surface area contributed by atoms with Gasteiger partial charge in [0.25, 0.3) is 10.0 Å². The molecule has 0 atom stereocenters. The van der Waals surface area contributed by atoms with Crippen molar-refractivity contribution in [2.24, 2.45) is 0 Å². The lowest BCUT2D eigenvalue weighted by molar-refractivity contribution is 0.589. The molecule has 26 heavy (non-hydrogen) atoms. The topological polar surface area (TPSA) is 39.1 Å². The summed E-state index contributed by atoms with van der Waals surface area (Å²) in [5.74, 6) is 0. The minimum atomic E-state index is -3.61. The number of nitrogens with zero attached hydrogens (tertiary/aromatic N) is 1. The highest BCUT2D eigenvalue weighted by molar-refractivity contribution is 7.99. The molecule has 0 radical (unpaired) electrons. The molecule has 0 aliphatic rings. The lowest BCUT2D eigenvalue weighted by Gasteiger charge is -2.09. The van der Waals surface area contributed by atoms with E-state index in [0.717, 1.165) is 15.2 Å². The first-order chi connectivity index (χ1) is 12.6. The van der Waals surface area contributed by atoms with E-state index in [9.17, 15) is 8.42 Å². The summed E-state index contributed by atoms with van der Waals surface area (Å²) < 4.78 is 27.3. The fraction of sp³-hybridized carbons (Fsp3) is 0.0476. The van der Waals surface area contributed by atoms with Gasteiger partial charge in [0.15, 0.2) is 0 Å². The van der Waals surface area contributed by atoms with Gasteiger partial charge in [-0.15, -0.1) is 0 Å². The summed E-state index contributed by atoms with van der Waals surface area (Å²) in [7, 11) is -3.61. The van der Waals surface area contributed by atoms with Gasteiger partial charge in [-0.2, -0.15) is 0 Å². The Morgan fingerprint density at radius 1 is 0.808 bits per heavy atom. The molecule has 0 aliphatic heterocycles. The van der Waals surface area contributed by atoms with Crippen LogP contribution in [0, 0.1) is 6.92 Å². The van der Waals surface area contributed by atoms with Crippen molar-refractivity contribution in [3.05, 3.63) is 90.6 Å². The number of hydrogen-bond acceptors (Lipinski definition) is 3. The molecule has 0 N–H and O–H groups in total. The van der Waals surface area contributed by atoms with Crippen LogP contribution < -0.4 is 0 Å². The van der Waals surface area contributed by atoms with Gasteiger partial charge in [0.2, 0.25) is 0 Å². The van der Waals surface area contributed by atoms with Crippen LogP contribution in [-0.2, 0) is 10.0 Å². The van der Waals surface area contributed by atoms with Crippen molar-refractivity contribution in [1.29, 1.82) is 0 Å². The molecule has 0 bridgehead atoms. The van der Waals surface area contributed by atoms with Gasteiger partial charge in [-0.3, -0.25) is 0 Å². The number of aryl methyl sites for hydroxylation is 1. The Labute approximate surface area is 157 Å². The van der Waals surface area contributed by atoms with Crippen LogP contribution in [0.3, 0.4) is 0 Å². The SMILES string of the molecule is Cc1ccc(Sc2cccc3c2ccn3S(=O)(=O)c2ccccc2)cc1. The van der Waals surface area contributed by atoms with E-state index in [1.165, 1.54) is 9.54 Å². The summed E-state index contributed by atoms with van der Waals surface area (Å²) in [6.45, 7) is 2.06. The molecule has 0 saturated carbocycles. The molecule has 0 spiro atoms. The van der Waals surface area contributed by atoms with E-state index in [2.05, 4.69) is 31.2 Å². The second-order valence-corrected chi connectivity index (χ2v) is 8.96. The number of rotatable bonds is 4. The maximum absolute atomic E-state index is 13.0. The van der Waals surface area contributed by atoms with Crippen LogP contribution in [0.25, 0.3) is 10.9 Å². The van der Waals surface area contributed by atoms with Crippen LogP contribution in [0.2, 0.25) is 0 Å². The van der Waals surface area contributed by atoms with E-state index in [4.69, 9.17) is 0 Å². The number of benzene rings is 3. The predicted molar refractivity (Wildman–Crippen MR) is 106 cm³/mol. The third-order valence-electron chi connectivity index (χ3n) is 4.21. The largest absolute Gasteiger partial charge is 0.268 e. The first-order valence-electron chi connectivity index (χ1n) is 8.21. The first kappa shape index (κ1) is 16.9. The van der Waals surface area contributed by atoms with E-state index in [1.807, 2.05) is 30.3 Å². The maximum Gasteiger partial charge on any atom is 0.268 e. The van der Waals surface area contributed by atoms with Crippen LogP contribution in [-0.4, -0.2) is 12.4 Å². The van der Waals surface area contributed by atoms with Crippen LogP contribution in [0.15, 0.2) is 99.7 Å². The fourth-order valence-corrected chi connectivity index (χ4v) is 5.18. The van der Waals surface area contributed by atoms with E-state index >= 15 is 0 Å². The smallest absolute Gasteiger partial charge is 0.241 e. The molecule has 5 heteroatoms. The van der Waals surface area contributed by atoms with E-state index in [1.54, 1.807) is 42.2 Å². The molecule has 1 heterocycles. The molecular weight excluding hydrogens is 362 g/mol. The highest BCUT2D eigenvalue weighted by atomic mass is 32.2. The van der Waals surface area contributed by atoms with Crippen LogP contribution >= 0.6 is 11.8 Å². The number of aromatic nitrogens is 1. The maximum atomic E-state index is 13.0. The molecule has 0 saturated heterocycles. The van der Waals surface area contributed by atoms with Crippen molar-refractivity contribution in [1.82, 2.24) is 3.97 Å². The van der Waals surface area contributed by atoms with Crippen LogP contribution in [0.5, 0.6) is 0 Å². The van der Waals surface area contributed by atoms with Gasteiger partial charge in [0, 0.05) is 21.4 Å². The Balaban J connectivity index is 1.79. The zero-order valence-electron chi connectivity index (χ0n) is 14.2. The monoisotopic (exact) mass is 379 g/mol. The zero-order chi connectivity index (χ0) is 18.1. The highest BCUT2D eigenvalue weighted by Crippen LogP contribution is 2.35. The van der Waals surface area contributed by atoms with Crippen molar-refractivity contribution < 1.29 is 8.42 Å². The van der Waals surface area contributed by atoms with Crippen molar-refractivity contribution >= 4 is 32.7 Å². The molecule has 1 aromatic heterocycles. The summed E-state index contributed by atoms with van der Waals surface area (Å²) in [4.78, 5) is 2.45. The average molecular weight is 380 g/mol. The highest BCUT2D eigenvalue weighted by Gasteiger charge is 2.19. The molecule has 4 aromatic rings. The van der Waals surface area contributed by atoms with Gasteiger partial charge >= 0.3 is 0 Å². The molecule has 0 amide bonds. The third kappa shape index (κ3) is 3.04. The van der Waals surface area contributed by atoms with E-state index in [0.29, 0.717) is 5.52 Å². The predicted octanol–water partition coefficient (Wildman–Crippen LogP) is 5.34. The van der Waals surface area contributed by atoms with Crippen molar-refractivity contribution in [2.45, 2.75) is 21.6 Å². The van der Waals surface area contributed by atoms with Crippen molar-refractivity contribution in [2.75, 3.05) is 0 Å². The molecule has 0 unspecified atom stereocenters. The number of hydrogen-bond donors (Lipinski definition) is 0. The second kappa shape index (κ2) is 6.67. The second-order valence-electron chi connectivity index (χ2n) is 6.03. The normalized spacial score (nSPS) is 11.7. The van der Waals surface area contributed by atoms with Gasteiger partial charge in [0.05, 0.1) is 10.4 Å². The minimum absolute atomic E-state index is 0.286. The van der Waals surface area contributed by atoms with Gasteiger partial charge in [-0.25, -0.2) is 12.4 Å². The average Bonchev–Trinajstić information content (AvgIpc) is 3.10. The quantitative estimate of drug-likeness (QED) is 0.480. The molecule has 130 valence electrons. The summed E-state index contributed by atoms with van der Waals surface area (Å²) >= 11 is 1.64. The van der Waals surface area contributed by atoms with Gasteiger partial charge < -0.3 is 0 Å². The third-order valence-corrected chi connectivity index (χ3v) is 6.99.